The molecule has 0 bridgehead atoms. The van der Waals surface area contributed by atoms with Gasteiger partial charge in [-0.2, -0.15) is 0 Å². The van der Waals surface area contributed by atoms with E-state index >= 15 is 0 Å². The van der Waals surface area contributed by atoms with Crippen LogP contribution < -0.4 is 5.32 Å². The Balaban J connectivity index is 2.03. The number of amides is 1. The second-order valence-electron chi connectivity index (χ2n) is 12.8. The van der Waals surface area contributed by atoms with E-state index in [0.29, 0.717) is 6.42 Å². The molecule has 13 nitrogen and oxygen atoms in total. The molecule has 43 heavy (non-hydrogen) atoms. The summed E-state index contributed by atoms with van der Waals surface area (Å²) in [6.07, 6.45) is -6.26. The van der Waals surface area contributed by atoms with Crippen molar-refractivity contribution in [2.45, 2.75) is 128 Å². The third kappa shape index (κ3) is 7.67. The number of esters is 1. The molecule has 2 N–H and O–H groups in total. The van der Waals surface area contributed by atoms with Crippen molar-refractivity contribution in [3.63, 3.8) is 0 Å². The lowest BCUT2D eigenvalue weighted by Crippen LogP contribution is -2.59. The largest absolute Gasteiger partial charge is 0.509 e. The molecule has 0 saturated carbocycles. The van der Waals surface area contributed by atoms with Crippen LogP contribution in [0.1, 0.15) is 67.7 Å². The fourth-order valence-electron chi connectivity index (χ4n) is 6.44. The van der Waals surface area contributed by atoms with Crippen molar-refractivity contribution in [2.75, 3.05) is 21.2 Å². The van der Waals surface area contributed by atoms with E-state index in [1.807, 2.05) is 25.9 Å². The van der Waals surface area contributed by atoms with Crippen molar-refractivity contribution in [3.05, 3.63) is 0 Å². The molecular weight excluding hydrogens is 564 g/mol. The topological polar surface area (TPSA) is 159 Å². The first-order valence-electron chi connectivity index (χ1n) is 15.2. The molecular formula is C30H50N2O11. The zero-order valence-electron chi connectivity index (χ0n) is 27.0. The van der Waals surface area contributed by atoms with Crippen LogP contribution in [-0.4, -0.2) is 116 Å². The van der Waals surface area contributed by atoms with Crippen LogP contribution in [0.15, 0.2) is 0 Å². The van der Waals surface area contributed by atoms with E-state index in [0.717, 1.165) is 0 Å². The number of carbonyl (C=O) groups is 4. The van der Waals surface area contributed by atoms with Crippen molar-refractivity contribution in [1.82, 2.24) is 10.2 Å². The highest BCUT2D eigenvalue weighted by Crippen LogP contribution is 2.36. The highest BCUT2D eigenvalue weighted by atomic mass is 16.8. The van der Waals surface area contributed by atoms with E-state index in [-0.39, 0.29) is 25.0 Å². The van der Waals surface area contributed by atoms with Gasteiger partial charge in [-0.25, -0.2) is 4.79 Å². The van der Waals surface area contributed by atoms with Gasteiger partial charge in [-0.05, 0) is 68.0 Å². The molecule has 3 fully saturated rings. The van der Waals surface area contributed by atoms with Gasteiger partial charge in [0.15, 0.2) is 24.3 Å². The van der Waals surface area contributed by atoms with Crippen molar-refractivity contribution in [1.29, 1.82) is 0 Å². The van der Waals surface area contributed by atoms with Crippen LogP contribution in [0.25, 0.3) is 0 Å². The minimum atomic E-state index is -1.21. The molecule has 3 heterocycles. The van der Waals surface area contributed by atoms with Gasteiger partial charge in [-0.1, -0.05) is 13.8 Å². The lowest BCUT2D eigenvalue weighted by molar-refractivity contribution is -0.295. The van der Waals surface area contributed by atoms with E-state index in [1.54, 1.807) is 34.6 Å². The Morgan fingerprint density at radius 3 is 2.21 bits per heavy atom. The molecule has 1 amide bonds. The number of methoxy groups -OCH3 is 1. The number of nitrogens with zero attached hydrogens (tertiary/aromatic N) is 1. The summed E-state index contributed by atoms with van der Waals surface area (Å²) < 4.78 is 34.9. The van der Waals surface area contributed by atoms with Gasteiger partial charge in [0, 0.05) is 25.1 Å². The van der Waals surface area contributed by atoms with Crippen LogP contribution in [0.2, 0.25) is 0 Å². The normalized spacial score (nSPS) is 43.5. The first-order chi connectivity index (χ1) is 20.0. The predicted molar refractivity (Wildman–Crippen MR) is 153 cm³/mol. The fraction of sp³-hybridized carbons (Fsp3) is 0.867. The summed E-state index contributed by atoms with van der Waals surface area (Å²) in [7, 11) is 5.20. The molecule has 3 aliphatic heterocycles. The number of cyclic esters (lactones) is 1. The Labute approximate surface area is 254 Å². The lowest BCUT2D eigenvalue weighted by Gasteiger charge is -2.46. The fourth-order valence-corrected chi connectivity index (χ4v) is 6.44. The molecule has 3 rings (SSSR count). The van der Waals surface area contributed by atoms with Gasteiger partial charge in [-0.3, -0.25) is 14.4 Å². The Morgan fingerprint density at radius 2 is 1.63 bits per heavy atom. The summed E-state index contributed by atoms with van der Waals surface area (Å²) in [5, 5.41) is 14.2. The first-order valence-corrected chi connectivity index (χ1v) is 15.2. The molecule has 3 saturated heterocycles. The number of hydrogen-bond acceptors (Lipinski definition) is 12. The maximum absolute atomic E-state index is 13.9. The van der Waals surface area contributed by atoms with Gasteiger partial charge in [0.05, 0.1) is 23.7 Å². The highest BCUT2D eigenvalue weighted by Gasteiger charge is 2.51. The number of fused-ring (bicyclic) bond motifs is 1. The molecule has 13 heteroatoms. The van der Waals surface area contributed by atoms with Gasteiger partial charge in [0.2, 0.25) is 5.91 Å². The number of aliphatic hydroxyl groups is 1. The number of rotatable bonds is 5. The standard InChI is InChI=1S/C30H50N2O11/c1-11-20-24-23(41-29(37)42-24)18(6)26(35)31-14(2)13-30(7,38-10)25(16(4)21(33)17(5)27(36)40-20)43-28-22(34)19(32(8)9)12-15(3)39-28/h14-20,22-25,28,34H,11-13H2,1-10H3,(H,31,35)/t14-,15-,16+,17-,18-,19-,20-,22-,23+,24-,25+,28+,30-/m1/s1. The van der Waals surface area contributed by atoms with Gasteiger partial charge in [0.25, 0.3) is 0 Å². The monoisotopic (exact) mass is 614 g/mol. The summed E-state index contributed by atoms with van der Waals surface area (Å²) in [6.45, 7) is 11.9. The van der Waals surface area contributed by atoms with Crippen LogP contribution in [0, 0.1) is 17.8 Å². The first kappa shape index (κ1) is 35.2. The SMILES string of the molecule is CC[C@H]1OC(=O)[C@H](C)C(=O)[C@H](C)[C@H](O[C@@H]2O[C@H](C)C[C@@H](N(C)C)[C@H]2O)[C@](C)(OC)C[C@@H](C)NC(=O)[C@H](C)[C@@H]2OC(=O)O[C@@H]21. The molecule has 0 aliphatic carbocycles. The van der Waals surface area contributed by atoms with E-state index < -0.39 is 90.0 Å². The third-order valence-corrected chi connectivity index (χ3v) is 9.14. The number of aliphatic hydroxyl groups excluding tert-OH is 1. The predicted octanol–water partition coefficient (Wildman–Crippen LogP) is 1.81. The van der Waals surface area contributed by atoms with Crippen LogP contribution in [0.5, 0.6) is 0 Å². The number of ether oxygens (including phenoxy) is 6. The summed E-state index contributed by atoms with van der Waals surface area (Å²) in [5.74, 6) is -4.65. The Kier molecular flexibility index (Phi) is 11.6. The Hall–Kier alpha value is -2.32. The molecule has 246 valence electrons. The summed E-state index contributed by atoms with van der Waals surface area (Å²) in [5.41, 5.74) is -1.19. The van der Waals surface area contributed by atoms with Gasteiger partial charge < -0.3 is 43.7 Å². The van der Waals surface area contributed by atoms with Crippen LogP contribution >= 0.6 is 0 Å². The number of carbonyl (C=O) groups excluding carboxylic acids is 4. The zero-order valence-corrected chi connectivity index (χ0v) is 27.0. The van der Waals surface area contributed by atoms with E-state index in [2.05, 4.69) is 5.32 Å². The maximum atomic E-state index is 13.9. The molecule has 13 atom stereocenters. The second-order valence-corrected chi connectivity index (χ2v) is 12.8. The smallest absolute Gasteiger partial charge is 0.458 e. The number of Topliss-reactive ketones (excluding diaryl/α,β-unsaturated/α-hetero) is 1. The maximum Gasteiger partial charge on any atom is 0.509 e. The molecule has 0 radical (unpaired) electrons. The highest BCUT2D eigenvalue weighted by molar-refractivity contribution is 6.00. The van der Waals surface area contributed by atoms with Gasteiger partial charge >= 0.3 is 12.1 Å². The molecule has 0 spiro atoms. The van der Waals surface area contributed by atoms with Crippen LogP contribution in [0.3, 0.4) is 0 Å². The minimum Gasteiger partial charge on any atom is -0.458 e. The molecule has 0 aromatic rings. The summed E-state index contributed by atoms with van der Waals surface area (Å²) in [6, 6.07) is -0.746. The van der Waals surface area contributed by atoms with Crippen molar-refractivity contribution < 1.29 is 52.7 Å². The Bertz CT molecular complexity index is 1020. The van der Waals surface area contributed by atoms with Crippen molar-refractivity contribution >= 4 is 23.8 Å². The second kappa shape index (κ2) is 14.2. The van der Waals surface area contributed by atoms with E-state index in [9.17, 15) is 24.3 Å². The quantitative estimate of drug-likeness (QED) is 0.342. The average molecular weight is 615 g/mol. The molecule has 0 aromatic carbocycles. The average Bonchev–Trinajstić information content (AvgIpc) is 3.34. The van der Waals surface area contributed by atoms with Crippen LogP contribution in [-0.2, 0) is 42.8 Å². The van der Waals surface area contributed by atoms with Crippen molar-refractivity contribution in [2.24, 2.45) is 17.8 Å². The van der Waals surface area contributed by atoms with Crippen LogP contribution in [0.4, 0.5) is 4.79 Å². The number of hydrogen-bond donors (Lipinski definition) is 2. The zero-order chi connectivity index (χ0) is 32.4. The Morgan fingerprint density at radius 1 is 1.00 bits per heavy atom. The van der Waals surface area contributed by atoms with E-state index in [4.69, 9.17) is 28.4 Å². The third-order valence-electron chi connectivity index (χ3n) is 9.14. The summed E-state index contributed by atoms with van der Waals surface area (Å²) >= 11 is 0. The van der Waals surface area contributed by atoms with E-state index in [1.165, 1.54) is 14.0 Å². The number of nitrogens with one attached hydrogen (secondary N) is 1. The van der Waals surface area contributed by atoms with Crippen molar-refractivity contribution in [3.8, 4) is 0 Å². The number of likely N-dealkylation sites (N-methyl/N-ethyl adjacent to an activating group) is 1. The molecule has 0 unspecified atom stereocenters. The molecule has 3 aliphatic rings. The number of ketones is 1. The lowest BCUT2D eigenvalue weighted by atomic mass is 9.79. The molecule has 0 aromatic heterocycles. The summed E-state index contributed by atoms with van der Waals surface area (Å²) in [4.78, 5) is 54.6. The van der Waals surface area contributed by atoms with Gasteiger partial charge in [-0.15, -0.1) is 0 Å². The minimum absolute atomic E-state index is 0.195. The van der Waals surface area contributed by atoms with Gasteiger partial charge in [0.1, 0.15) is 18.1 Å².